The van der Waals surface area contributed by atoms with Crippen LogP contribution in [0.15, 0.2) is 49.0 Å². The number of hydrogen-bond acceptors (Lipinski definition) is 2. The maximum Gasteiger partial charge on any atom is 0.203 e. The largest absolute Gasteiger partial charge is 0.491 e. The highest BCUT2D eigenvalue weighted by molar-refractivity contribution is 5.29. The van der Waals surface area contributed by atoms with Crippen molar-refractivity contribution in [3.63, 3.8) is 0 Å². The van der Waals surface area contributed by atoms with E-state index in [-0.39, 0.29) is 17.4 Å². The van der Waals surface area contributed by atoms with Crippen LogP contribution >= 0.6 is 0 Å². The molecule has 168 valence electrons. The predicted molar refractivity (Wildman–Crippen MR) is 120 cm³/mol. The fraction of sp³-hybridized carbons (Fsp3) is 0.680. The molecule has 0 aromatic rings. The van der Waals surface area contributed by atoms with Gasteiger partial charge in [0.25, 0.3) is 0 Å². The van der Waals surface area contributed by atoms with Crippen LogP contribution in [0.1, 0.15) is 73.1 Å². The molecule has 0 radical (unpaired) electrons. The zero-order valence-electron chi connectivity index (χ0n) is 19.2. The molecule has 4 heteroatoms. The van der Waals surface area contributed by atoms with E-state index in [4.69, 9.17) is 9.47 Å². The molecule has 0 spiro atoms. The Balaban J connectivity index is 4.32. The van der Waals surface area contributed by atoms with E-state index in [1.165, 1.54) is 6.42 Å². The summed E-state index contributed by atoms with van der Waals surface area (Å²) in [5.41, 5.74) is 0. The van der Waals surface area contributed by atoms with Gasteiger partial charge in [0.2, 0.25) is 11.7 Å². The average Bonchev–Trinajstić information content (AvgIpc) is 2.72. The quantitative estimate of drug-likeness (QED) is 0.103. The molecule has 0 N–H and O–H groups in total. The molecule has 0 aliphatic carbocycles. The van der Waals surface area contributed by atoms with Gasteiger partial charge in [0.1, 0.15) is 0 Å². The van der Waals surface area contributed by atoms with Gasteiger partial charge in [0, 0.05) is 0 Å². The lowest BCUT2D eigenvalue weighted by atomic mass is 9.84. The smallest absolute Gasteiger partial charge is 0.203 e. The second kappa shape index (κ2) is 15.3. The Kier molecular flexibility index (Phi) is 14.5. The molecule has 0 fully saturated rings. The van der Waals surface area contributed by atoms with E-state index in [1.54, 1.807) is 0 Å². The fourth-order valence-electron chi connectivity index (χ4n) is 2.80. The van der Waals surface area contributed by atoms with Crippen molar-refractivity contribution in [3.05, 3.63) is 49.0 Å². The molecule has 0 bridgehead atoms. The van der Waals surface area contributed by atoms with Crippen LogP contribution < -0.4 is 0 Å². The second-order valence-corrected chi connectivity index (χ2v) is 8.41. The number of ether oxygens (including phenoxy) is 2. The molecular weight excluding hydrogens is 370 g/mol. The lowest BCUT2D eigenvalue weighted by molar-refractivity contribution is 0.156. The number of rotatable bonds is 17. The first kappa shape index (κ1) is 27.4. The van der Waals surface area contributed by atoms with Gasteiger partial charge in [0.15, 0.2) is 11.5 Å². The molecule has 0 aliphatic rings. The van der Waals surface area contributed by atoms with Crippen LogP contribution in [0.2, 0.25) is 0 Å². The molecule has 4 unspecified atom stereocenters. The summed E-state index contributed by atoms with van der Waals surface area (Å²) in [7, 11) is 0. The highest BCUT2D eigenvalue weighted by Gasteiger charge is 2.18. The molecule has 0 heterocycles. The van der Waals surface area contributed by atoms with Gasteiger partial charge in [-0.1, -0.05) is 66.7 Å². The summed E-state index contributed by atoms with van der Waals surface area (Å²) in [5, 5.41) is 0. The van der Waals surface area contributed by atoms with Gasteiger partial charge in [-0.15, -0.1) is 6.58 Å². The van der Waals surface area contributed by atoms with Gasteiger partial charge < -0.3 is 9.47 Å². The van der Waals surface area contributed by atoms with Crippen molar-refractivity contribution in [3.8, 4) is 0 Å². The predicted octanol–water partition coefficient (Wildman–Crippen LogP) is 8.29. The van der Waals surface area contributed by atoms with Gasteiger partial charge in [-0.25, -0.2) is 0 Å². The third kappa shape index (κ3) is 11.9. The van der Waals surface area contributed by atoms with Crippen LogP contribution in [0.5, 0.6) is 0 Å². The summed E-state index contributed by atoms with van der Waals surface area (Å²) in [6.45, 7) is 22.2. The van der Waals surface area contributed by atoms with E-state index >= 15 is 0 Å². The minimum atomic E-state index is -1.14. The van der Waals surface area contributed by atoms with Crippen molar-refractivity contribution >= 4 is 0 Å². The van der Waals surface area contributed by atoms with Gasteiger partial charge in [0.05, 0.1) is 13.2 Å². The van der Waals surface area contributed by atoms with E-state index in [0.717, 1.165) is 32.1 Å². The molecular formula is C25H42F2O2. The van der Waals surface area contributed by atoms with E-state index in [1.807, 2.05) is 13.0 Å². The van der Waals surface area contributed by atoms with Gasteiger partial charge in [-0.05, 0) is 49.4 Å². The first-order chi connectivity index (χ1) is 13.6. The molecule has 0 saturated carbocycles. The summed E-state index contributed by atoms with van der Waals surface area (Å²) in [5.74, 6) is -0.874. The molecule has 0 aromatic heterocycles. The zero-order valence-corrected chi connectivity index (χ0v) is 19.2. The van der Waals surface area contributed by atoms with E-state index in [0.29, 0.717) is 31.0 Å². The Hall–Kier alpha value is -1.58. The van der Waals surface area contributed by atoms with Gasteiger partial charge >= 0.3 is 0 Å². The SMILES string of the molecule is C=CC(C)CCC(C)C(C)CCC(C)COC(=C)/C(F)=C(/F)C(=C)OCCCC. The molecule has 0 saturated heterocycles. The standard InChI is InChI=1S/C25H42F2O2/c1-9-11-16-28-22(7)24(26)25(27)23(8)29-17-19(4)13-15-21(6)20(5)14-12-18(3)10-2/h10,18-21H,2,7-9,11-17H2,1,3-6H3/b25-24-. The van der Waals surface area contributed by atoms with E-state index < -0.39 is 11.7 Å². The molecule has 0 aliphatic heterocycles. The Morgan fingerprint density at radius 2 is 1.38 bits per heavy atom. The van der Waals surface area contributed by atoms with E-state index in [9.17, 15) is 8.78 Å². The van der Waals surface area contributed by atoms with Crippen molar-refractivity contribution in [2.24, 2.45) is 23.7 Å². The molecule has 0 aromatic carbocycles. The van der Waals surface area contributed by atoms with Gasteiger partial charge in [-0.2, -0.15) is 8.78 Å². The fourth-order valence-corrected chi connectivity index (χ4v) is 2.80. The van der Waals surface area contributed by atoms with Crippen LogP contribution in [0.25, 0.3) is 0 Å². The summed E-state index contributed by atoms with van der Waals surface area (Å²) in [6.07, 6.45) is 8.07. The van der Waals surface area contributed by atoms with Crippen LogP contribution in [-0.4, -0.2) is 13.2 Å². The summed E-state index contributed by atoms with van der Waals surface area (Å²) >= 11 is 0. The van der Waals surface area contributed by atoms with E-state index in [2.05, 4.69) is 47.4 Å². The number of halogens is 2. The van der Waals surface area contributed by atoms with Crippen molar-refractivity contribution in [2.45, 2.75) is 73.1 Å². The van der Waals surface area contributed by atoms with Crippen LogP contribution in [0.4, 0.5) is 8.78 Å². The summed E-state index contributed by atoms with van der Waals surface area (Å²) in [4.78, 5) is 0. The number of hydrogen-bond donors (Lipinski definition) is 0. The Morgan fingerprint density at radius 1 is 0.862 bits per heavy atom. The summed E-state index contributed by atoms with van der Waals surface area (Å²) in [6, 6.07) is 0. The van der Waals surface area contributed by atoms with Crippen LogP contribution in [0.3, 0.4) is 0 Å². The molecule has 2 nitrogen and oxygen atoms in total. The lowest BCUT2D eigenvalue weighted by Crippen LogP contribution is -2.13. The van der Waals surface area contributed by atoms with Gasteiger partial charge in [-0.3, -0.25) is 0 Å². The zero-order chi connectivity index (χ0) is 22.4. The highest BCUT2D eigenvalue weighted by Crippen LogP contribution is 2.27. The number of allylic oxidation sites excluding steroid dienone is 3. The Morgan fingerprint density at radius 3 is 1.90 bits per heavy atom. The second-order valence-electron chi connectivity index (χ2n) is 8.41. The monoisotopic (exact) mass is 412 g/mol. The highest BCUT2D eigenvalue weighted by atomic mass is 19.2. The average molecular weight is 413 g/mol. The lowest BCUT2D eigenvalue weighted by Gasteiger charge is -2.22. The first-order valence-electron chi connectivity index (χ1n) is 11.0. The third-order valence-electron chi connectivity index (χ3n) is 5.56. The maximum atomic E-state index is 14.1. The topological polar surface area (TPSA) is 18.5 Å². The third-order valence-corrected chi connectivity index (χ3v) is 5.56. The maximum absolute atomic E-state index is 14.1. The first-order valence-corrected chi connectivity index (χ1v) is 11.0. The normalized spacial score (nSPS) is 16.2. The van der Waals surface area contributed by atoms with Crippen molar-refractivity contribution in [1.82, 2.24) is 0 Å². The Labute approximate surface area is 177 Å². The number of unbranched alkanes of at least 4 members (excludes halogenated alkanes) is 1. The molecule has 0 rings (SSSR count). The van der Waals surface area contributed by atoms with Crippen molar-refractivity contribution in [2.75, 3.05) is 13.2 Å². The molecule has 29 heavy (non-hydrogen) atoms. The van der Waals surface area contributed by atoms with Crippen molar-refractivity contribution < 1.29 is 18.3 Å². The molecule has 0 amide bonds. The minimum Gasteiger partial charge on any atom is -0.491 e. The minimum absolute atomic E-state index is 0.230. The van der Waals surface area contributed by atoms with Crippen molar-refractivity contribution in [1.29, 1.82) is 0 Å². The van der Waals surface area contributed by atoms with Crippen LogP contribution in [0, 0.1) is 23.7 Å². The summed E-state index contributed by atoms with van der Waals surface area (Å²) < 4.78 is 38.6. The molecule has 4 atom stereocenters. The van der Waals surface area contributed by atoms with Crippen LogP contribution in [-0.2, 0) is 9.47 Å². The Bertz CT molecular complexity index is 539.